The molecule has 0 aromatic rings. The highest BCUT2D eigenvalue weighted by atomic mass is 16.5. The lowest BCUT2D eigenvalue weighted by Crippen LogP contribution is -2.60. The first-order valence-electron chi connectivity index (χ1n) is 3.52. The Hall–Kier alpha value is -0.610. The molecule has 4 heteroatoms. The van der Waals surface area contributed by atoms with Crippen molar-refractivity contribution in [3.63, 3.8) is 0 Å². The Morgan fingerprint density at radius 1 is 1.55 bits per heavy atom. The summed E-state index contributed by atoms with van der Waals surface area (Å²) in [6, 6.07) is 0. The minimum Gasteiger partial charge on any atom is -0.468 e. The van der Waals surface area contributed by atoms with Crippen LogP contribution in [-0.2, 0) is 14.3 Å². The van der Waals surface area contributed by atoms with E-state index in [9.17, 15) is 4.79 Å². The van der Waals surface area contributed by atoms with Crippen LogP contribution in [0.1, 0.15) is 12.8 Å². The Morgan fingerprint density at radius 2 is 2.09 bits per heavy atom. The van der Waals surface area contributed by atoms with E-state index in [1.165, 1.54) is 7.11 Å². The third-order valence-electron chi connectivity index (χ3n) is 2.11. The molecule has 0 unspecified atom stereocenters. The summed E-state index contributed by atoms with van der Waals surface area (Å²) in [5.41, 5.74) is 4.89. The van der Waals surface area contributed by atoms with Crippen molar-refractivity contribution in [3.8, 4) is 0 Å². The van der Waals surface area contributed by atoms with Crippen LogP contribution < -0.4 is 5.73 Å². The van der Waals surface area contributed by atoms with Crippen molar-refractivity contribution >= 4 is 5.97 Å². The molecule has 0 spiro atoms. The van der Waals surface area contributed by atoms with Gasteiger partial charge < -0.3 is 15.2 Å². The maximum atomic E-state index is 11.0. The van der Waals surface area contributed by atoms with Gasteiger partial charge in [-0.2, -0.15) is 0 Å². The summed E-state index contributed by atoms with van der Waals surface area (Å²) in [6.07, 6.45) is 1.26. The third-order valence-corrected chi connectivity index (χ3v) is 2.11. The van der Waals surface area contributed by atoms with Crippen LogP contribution in [0, 0.1) is 0 Å². The molecule has 0 amide bonds. The Labute approximate surface area is 65.7 Å². The van der Waals surface area contributed by atoms with Gasteiger partial charge in [-0.15, -0.1) is 0 Å². The molecule has 64 valence electrons. The minimum atomic E-state index is -0.782. The van der Waals surface area contributed by atoms with Crippen molar-refractivity contribution in [1.29, 1.82) is 0 Å². The normalized spacial score (nSPS) is 36.1. The third kappa shape index (κ3) is 1.36. The highest BCUT2D eigenvalue weighted by Crippen LogP contribution is 2.32. The molecule has 1 aliphatic carbocycles. The Morgan fingerprint density at radius 3 is 2.45 bits per heavy atom. The van der Waals surface area contributed by atoms with Crippen LogP contribution in [0.3, 0.4) is 0 Å². The van der Waals surface area contributed by atoms with Gasteiger partial charge in [0, 0.05) is 20.0 Å². The van der Waals surface area contributed by atoms with Crippen molar-refractivity contribution in [1.82, 2.24) is 0 Å². The van der Waals surface area contributed by atoms with Crippen molar-refractivity contribution in [2.24, 2.45) is 5.73 Å². The second-order valence-corrected chi connectivity index (χ2v) is 2.91. The summed E-state index contributed by atoms with van der Waals surface area (Å²) in [7, 11) is 2.96. The van der Waals surface area contributed by atoms with E-state index in [1.807, 2.05) is 0 Å². The lowest BCUT2D eigenvalue weighted by Gasteiger charge is -2.40. The van der Waals surface area contributed by atoms with E-state index in [2.05, 4.69) is 4.74 Å². The van der Waals surface area contributed by atoms with Gasteiger partial charge in [-0.05, 0) is 0 Å². The standard InChI is InChI=1S/C7H13NO3/c1-10-5-3-7(8,4-5)6(9)11-2/h5H,3-4,8H2,1-2H3. The minimum absolute atomic E-state index is 0.124. The highest BCUT2D eigenvalue weighted by molar-refractivity contribution is 5.81. The number of carbonyl (C=O) groups excluding carboxylic acids is 1. The first kappa shape index (κ1) is 8.49. The molecule has 1 aliphatic rings. The fourth-order valence-corrected chi connectivity index (χ4v) is 1.29. The monoisotopic (exact) mass is 159 g/mol. The zero-order valence-corrected chi connectivity index (χ0v) is 6.79. The molecule has 2 N–H and O–H groups in total. The van der Waals surface area contributed by atoms with E-state index in [0.717, 1.165) is 0 Å². The van der Waals surface area contributed by atoms with Crippen LogP contribution in [-0.4, -0.2) is 31.8 Å². The van der Waals surface area contributed by atoms with Crippen LogP contribution in [0.2, 0.25) is 0 Å². The number of esters is 1. The fraction of sp³-hybridized carbons (Fsp3) is 0.857. The number of carbonyl (C=O) groups is 1. The lowest BCUT2D eigenvalue weighted by atomic mass is 9.75. The van der Waals surface area contributed by atoms with Crippen LogP contribution in [0.25, 0.3) is 0 Å². The molecule has 0 heterocycles. The number of ether oxygens (including phenoxy) is 2. The number of hydrogen-bond acceptors (Lipinski definition) is 4. The molecule has 0 saturated heterocycles. The lowest BCUT2D eigenvalue weighted by molar-refractivity contribution is -0.156. The molecular weight excluding hydrogens is 146 g/mol. The number of methoxy groups -OCH3 is 2. The SMILES string of the molecule is COC(=O)C1(N)CC(OC)C1. The zero-order valence-electron chi connectivity index (χ0n) is 6.79. The molecule has 1 saturated carbocycles. The van der Waals surface area contributed by atoms with Gasteiger partial charge >= 0.3 is 5.97 Å². The van der Waals surface area contributed by atoms with Crippen LogP contribution in [0.4, 0.5) is 0 Å². The average molecular weight is 159 g/mol. The number of nitrogens with two attached hydrogens (primary N) is 1. The molecule has 4 nitrogen and oxygen atoms in total. The second kappa shape index (κ2) is 2.79. The van der Waals surface area contributed by atoms with E-state index in [1.54, 1.807) is 7.11 Å². The number of rotatable bonds is 2. The van der Waals surface area contributed by atoms with E-state index >= 15 is 0 Å². The van der Waals surface area contributed by atoms with Crippen molar-refractivity contribution in [2.75, 3.05) is 14.2 Å². The largest absolute Gasteiger partial charge is 0.468 e. The van der Waals surface area contributed by atoms with Crippen molar-refractivity contribution in [3.05, 3.63) is 0 Å². The molecule has 0 bridgehead atoms. The zero-order chi connectivity index (χ0) is 8.48. The van der Waals surface area contributed by atoms with E-state index < -0.39 is 5.54 Å². The van der Waals surface area contributed by atoms with Gasteiger partial charge in [-0.3, -0.25) is 4.79 Å². The quantitative estimate of drug-likeness (QED) is 0.560. The highest BCUT2D eigenvalue weighted by Gasteiger charge is 2.48. The van der Waals surface area contributed by atoms with E-state index in [-0.39, 0.29) is 12.1 Å². The molecule has 0 aliphatic heterocycles. The summed E-state index contributed by atoms with van der Waals surface area (Å²) >= 11 is 0. The first-order valence-corrected chi connectivity index (χ1v) is 3.52. The van der Waals surface area contributed by atoms with Gasteiger partial charge in [0.25, 0.3) is 0 Å². The molecule has 11 heavy (non-hydrogen) atoms. The average Bonchev–Trinajstić information content (AvgIpc) is 1.96. The molecule has 1 rings (SSSR count). The second-order valence-electron chi connectivity index (χ2n) is 2.91. The van der Waals surface area contributed by atoms with Crippen LogP contribution in [0.5, 0.6) is 0 Å². The van der Waals surface area contributed by atoms with Gasteiger partial charge in [0.15, 0.2) is 0 Å². The molecule has 0 aromatic carbocycles. The van der Waals surface area contributed by atoms with Gasteiger partial charge in [0.05, 0.1) is 13.2 Å². The van der Waals surface area contributed by atoms with Gasteiger partial charge in [0.2, 0.25) is 0 Å². The first-order chi connectivity index (χ1) is 5.12. The Kier molecular flexibility index (Phi) is 2.15. The number of hydrogen-bond donors (Lipinski definition) is 1. The summed E-state index contributed by atoms with van der Waals surface area (Å²) in [5, 5.41) is 0. The molecule has 1 fully saturated rings. The van der Waals surface area contributed by atoms with Crippen LogP contribution >= 0.6 is 0 Å². The Bertz CT molecular complexity index is 163. The van der Waals surface area contributed by atoms with Crippen molar-refractivity contribution in [2.45, 2.75) is 24.5 Å². The van der Waals surface area contributed by atoms with Gasteiger partial charge in [-0.25, -0.2) is 0 Å². The summed E-state index contributed by atoms with van der Waals surface area (Å²) in [6.45, 7) is 0. The predicted molar refractivity (Wildman–Crippen MR) is 39.0 cm³/mol. The molecular formula is C7H13NO3. The Balaban J connectivity index is 2.42. The smallest absolute Gasteiger partial charge is 0.326 e. The summed E-state index contributed by atoms with van der Waals surface area (Å²) in [4.78, 5) is 11.0. The summed E-state index contributed by atoms with van der Waals surface area (Å²) in [5.74, 6) is -0.342. The topological polar surface area (TPSA) is 61.5 Å². The van der Waals surface area contributed by atoms with Crippen LogP contribution in [0.15, 0.2) is 0 Å². The van der Waals surface area contributed by atoms with E-state index in [4.69, 9.17) is 10.5 Å². The predicted octanol–water partition coefficient (Wildman–Crippen LogP) is -0.334. The maximum Gasteiger partial charge on any atom is 0.326 e. The van der Waals surface area contributed by atoms with Gasteiger partial charge in [-0.1, -0.05) is 0 Å². The molecule has 0 atom stereocenters. The van der Waals surface area contributed by atoms with E-state index in [0.29, 0.717) is 12.8 Å². The van der Waals surface area contributed by atoms with Crippen molar-refractivity contribution < 1.29 is 14.3 Å². The summed E-state index contributed by atoms with van der Waals surface area (Å²) < 4.78 is 9.52. The molecule has 0 aromatic heterocycles. The fourth-order valence-electron chi connectivity index (χ4n) is 1.29. The molecule has 0 radical (unpaired) electrons. The maximum absolute atomic E-state index is 11.0. The van der Waals surface area contributed by atoms with Gasteiger partial charge in [0.1, 0.15) is 5.54 Å².